The normalized spacial score (nSPS) is 12.2. The van der Waals surface area contributed by atoms with Crippen molar-refractivity contribution < 1.29 is 35.3 Å². The second-order valence-corrected chi connectivity index (χ2v) is 6.99. The molecule has 2 heterocycles. The molecule has 0 atom stereocenters. The highest BCUT2D eigenvalue weighted by atomic mass is 32.2. The maximum absolute atomic E-state index is 12.4. The molecule has 0 amide bonds. The molecule has 2 aromatic heterocycles. The van der Waals surface area contributed by atoms with Crippen molar-refractivity contribution in [3.63, 3.8) is 0 Å². The molecule has 0 aliphatic heterocycles. The largest absolute Gasteiger partial charge is 0.534 e. The van der Waals surface area contributed by atoms with Crippen LogP contribution in [0.3, 0.4) is 0 Å². The van der Waals surface area contributed by atoms with Crippen molar-refractivity contribution in [2.45, 2.75) is 12.4 Å². The van der Waals surface area contributed by atoms with E-state index in [2.05, 4.69) is 18.9 Å². The minimum atomic E-state index is -5.96. The molecule has 0 aliphatic carbocycles. The number of esters is 1. The van der Waals surface area contributed by atoms with Gasteiger partial charge in [-0.2, -0.15) is 26.6 Å². The van der Waals surface area contributed by atoms with Gasteiger partial charge in [-0.3, -0.25) is 0 Å². The van der Waals surface area contributed by atoms with Gasteiger partial charge in [0.15, 0.2) is 4.88 Å². The summed E-state index contributed by atoms with van der Waals surface area (Å²) in [6.45, 7) is 1.42. The SMILES string of the molecule is CCOC(=O)c1sc(-c2cscn2)nc1OS(=O)(=O)C(F)(F)F. The highest BCUT2D eigenvalue weighted by Crippen LogP contribution is 2.35. The molecule has 0 unspecified atom stereocenters. The lowest BCUT2D eigenvalue weighted by atomic mass is 10.5. The van der Waals surface area contributed by atoms with Crippen LogP contribution in [0.5, 0.6) is 5.88 Å². The number of alkyl halides is 3. The number of carbonyl (C=O) groups is 1. The van der Waals surface area contributed by atoms with Gasteiger partial charge in [-0.05, 0) is 6.92 Å². The van der Waals surface area contributed by atoms with Crippen LogP contribution in [0.1, 0.15) is 16.6 Å². The third-order valence-corrected chi connectivity index (χ3v) is 4.75. The molecular formula is C10H7F3N2O5S3. The first kappa shape index (κ1) is 17.6. The van der Waals surface area contributed by atoms with E-state index in [1.165, 1.54) is 29.2 Å². The second-order valence-electron chi connectivity index (χ2n) is 3.73. The Balaban J connectivity index is 2.46. The van der Waals surface area contributed by atoms with E-state index >= 15 is 0 Å². The Hall–Kier alpha value is -1.73. The maximum Gasteiger partial charge on any atom is 0.534 e. The fraction of sp³-hybridized carbons (Fsp3) is 0.300. The van der Waals surface area contributed by atoms with E-state index in [0.29, 0.717) is 11.3 Å². The van der Waals surface area contributed by atoms with Crippen molar-refractivity contribution >= 4 is 38.8 Å². The quantitative estimate of drug-likeness (QED) is 0.441. The van der Waals surface area contributed by atoms with Crippen molar-refractivity contribution in [3.05, 3.63) is 15.8 Å². The summed E-state index contributed by atoms with van der Waals surface area (Å²) in [6.07, 6.45) is 0. The monoisotopic (exact) mass is 388 g/mol. The maximum atomic E-state index is 12.4. The molecule has 126 valence electrons. The Bertz CT molecular complexity index is 798. The van der Waals surface area contributed by atoms with Crippen molar-refractivity contribution in [3.8, 4) is 16.6 Å². The molecule has 0 N–H and O–H groups in total. The minimum absolute atomic E-state index is 0.0293. The predicted octanol–water partition coefficient (Wildman–Crippen LogP) is 2.67. The highest BCUT2D eigenvalue weighted by molar-refractivity contribution is 7.88. The van der Waals surface area contributed by atoms with Gasteiger partial charge >= 0.3 is 21.6 Å². The summed E-state index contributed by atoms with van der Waals surface area (Å²) in [5, 5.41) is 1.55. The van der Waals surface area contributed by atoms with Crippen molar-refractivity contribution in [2.24, 2.45) is 0 Å². The van der Waals surface area contributed by atoms with Crippen molar-refractivity contribution in [2.75, 3.05) is 6.61 Å². The van der Waals surface area contributed by atoms with E-state index in [1.54, 1.807) is 0 Å². The van der Waals surface area contributed by atoms with Gasteiger partial charge in [0.2, 0.25) is 0 Å². The fourth-order valence-electron chi connectivity index (χ4n) is 1.27. The molecule has 0 aliphatic rings. The molecule has 0 saturated carbocycles. The van der Waals surface area contributed by atoms with Gasteiger partial charge in [0.25, 0.3) is 5.88 Å². The van der Waals surface area contributed by atoms with Crippen LogP contribution in [0.2, 0.25) is 0 Å². The van der Waals surface area contributed by atoms with Crippen LogP contribution < -0.4 is 4.18 Å². The van der Waals surface area contributed by atoms with Crippen LogP contribution in [-0.4, -0.2) is 36.5 Å². The van der Waals surface area contributed by atoms with E-state index in [-0.39, 0.29) is 17.3 Å². The number of hydrogen-bond acceptors (Lipinski definition) is 9. The Labute approximate surface area is 135 Å². The zero-order chi connectivity index (χ0) is 17.3. The van der Waals surface area contributed by atoms with E-state index < -0.39 is 32.4 Å². The van der Waals surface area contributed by atoms with Gasteiger partial charge in [0.1, 0.15) is 10.7 Å². The number of hydrogen-bond donors (Lipinski definition) is 0. The zero-order valence-corrected chi connectivity index (χ0v) is 13.6. The first-order valence-electron chi connectivity index (χ1n) is 5.73. The molecular weight excluding hydrogens is 381 g/mol. The summed E-state index contributed by atoms with van der Waals surface area (Å²) in [5.41, 5.74) is -3.94. The van der Waals surface area contributed by atoms with E-state index in [0.717, 1.165) is 0 Å². The molecule has 23 heavy (non-hydrogen) atoms. The van der Waals surface area contributed by atoms with Crippen molar-refractivity contribution in [1.29, 1.82) is 0 Å². The first-order chi connectivity index (χ1) is 10.7. The molecule has 0 fully saturated rings. The number of rotatable bonds is 5. The molecule has 0 saturated heterocycles. The predicted molar refractivity (Wildman–Crippen MR) is 74.8 cm³/mol. The molecule has 2 aromatic rings. The fourth-order valence-corrected chi connectivity index (χ4v) is 3.21. The third kappa shape index (κ3) is 3.79. The number of carbonyl (C=O) groups excluding carboxylic acids is 1. The first-order valence-corrected chi connectivity index (χ1v) is 8.89. The van der Waals surface area contributed by atoms with Crippen LogP contribution in [-0.2, 0) is 14.9 Å². The number of halogens is 3. The molecule has 0 bridgehead atoms. The minimum Gasteiger partial charge on any atom is -0.462 e. The number of thiazole rings is 2. The smallest absolute Gasteiger partial charge is 0.462 e. The molecule has 2 rings (SSSR count). The van der Waals surface area contributed by atoms with Crippen LogP contribution in [0.25, 0.3) is 10.7 Å². The van der Waals surface area contributed by atoms with Gasteiger partial charge in [0.05, 0.1) is 12.1 Å². The van der Waals surface area contributed by atoms with Gasteiger partial charge in [-0.15, -0.1) is 22.7 Å². The van der Waals surface area contributed by atoms with Crippen LogP contribution in [0.4, 0.5) is 13.2 Å². The highest BCUT2D eigenvalue weighted by Gasteiger charge is 2.49. The molecule has 7 nitrogen and oxygen atoms in total. The molecule has 0 aromatic carbocycles. The molecule has 13 heteroatoms. The average molecular weight is 388 g/mol. The Kier molecular flexibility index (Phi) is 4.91. The van der Waals surface area contributed by atoms with Gasteiger partial charge in [0, 0.05) is 5.38 Å². The van der Waals surface area contributed by atoms with Crippen LogP contribution in [0, 0.1) is 0 Å². The van der Waals surface area contributed by atoms with Crippen LogP contribution in [0.15, 0.2) is 10.9 Å². The lowest BCUT2D eigenvalue weighted by molar-refractivity contribution is -0.0501. The summed E-state index contributed by atoms with van der Waals surface area (Å²) in [5.74, 6) is -2.03. The van der Waals surface area contributed by atoms with E-state index in [4.69, 9.17) is 0 Å². The van der Waals surface area contributed by atoms with Gasteiger partial charge < -0.3 is 8.92 Å². The Morgan fingerprint density at radius 1 is 1.39 bits per heavy atom. The Morgan fingerprint density at radius 2 is 2.09 bits per heavy atom. The topological polar surface area (TPSA) is 95.4 Å². The number of nitrogens with zero attached hydrogens (tertiary/aromatic N) is 2. The lowest BCUT2D eigenvalue weighted by Crippen LogP contribution is -2.28. The summed E-state index contributed by atoms with van der Waals surface area (Å²) in [6, 6.07) is 0. The number of ether oxygens (including phenoxy) is 1. The molecule has 0 spiro atoms. The summed E-state index contributed by atoms with van der Waals surface area (Å²) in [4.78, 5) is 18.8. The summed E-state index contributed by atoms with van der Waals surface area (Å²) >= 11 is 1.80. The third-order valence-electron chi connectivity index (χ3n) is 2.18. The van der Waals surface area contributed by atoms with E-state index in [1.807, 2.05) is 0 Å². The average Bonchev–Trinajstić information content (AvgIpc) is 3.05. The second kappa shape index (κ2) is 6.41. The number of aromatic nitrogens is 2. The molecule has 0 radical (unpaired) electrons. The summed E-state index contributed by atoms with van der Waals surface area (Å²) < 4.78 is 68.1. The van der Waals surface area contributed by atoms with Crippen molar-refractivity contribution in [1.82, 2.24) is 9.97 Å². The summed E-state index contributed by atoms with van der Waals surface area (Å²) in [7, 11) is -5.96. The standard InChI is InChI=1S/C10H7F3N2O5S3/c1-2-19-9(16)6-7(20-23(17,18)10(11,12)13)15-8(22-6)5-3-21-4-14-5/h3-4H,2H2,1H3. The zero-order valence-electron chi connectivity index (χ0n) is 11.2. The van der Waals surface area contributed by atoms with E-state index in [9.17, 15) is 26.4 Å². The lowest BCUT2D eigenvalue weighted by Gasteiger charge is -2.08. The van der Waals surface area contributed by atoms with Crippen LogP contribution >= 0.6 is 22.7 Å². The van der Waals surface area contributed by atoms with Gasteiger partial charge in [-0.25, -0.2) is 9.78 Å². The Morgan fingerprint density at radius 3 is 2.61 bits per heavy atom. The van der Waals surface area contributed by atoms with Gasteiger partial charge in [-0.1, -0.05) is 0 Å².